The Morgan fingerprint density at radius 1 is 1.06 bits per heavy atom. The molecule has 0 atom stereocenters. The van der Waals surface area contributed by atoms with Gasteiger partial charge in [-0.05, 0) is 35.9 Å². The van der Waals surface area contributed by atoms with E-state index in [0.717, 1.165) is 17.6 Å². The summed E-state index contributed by atoms with van der Waals surface area (Å²) in [6.07, 6.45) is -4.34. The van der Waals surface area contributed by atoms with Crippen molar-refractivity contribution in [2.24, 2.45) is 4.99 Å². The van der Waals surface area contributed by atoms with E-state index in [1.807, 2.05) is 17.0 Å². The summed E-state index contributed by atoms with van der Waals surface area (Å²) in [5.41, 5.74) is 1.55. The standard InChI is InChI=1S/C22H26F3N5O/c1-26-20(31)17-8-6-16(7-9-17)15-28-21(27-2)30-12-10-29(11-13-30)19-5-3-4-18(14-19)22(23,24)25/h3-9,14H,10-13,15H2,1-2H3,(H,26,31)(H,27,28). The summed E-state index contributed by atoms with van der Waals surface area (Å²) in [5.74, 6) is 0.605. The number of benzene rings is 2. The zero-order chi connectivity index (χ0) is 22.4. The number of nitrogens with zero attached hydrogens (tertiary/aromatic N) is 3. The second-order valence-corrected chi connectivity index (χ2v) is 7.20. The van der Waals surface area contributed by atoms with E-state index in [0.29, 0.717) is 44.0 Å². The van der Waals surface area contributed by atoms with E-state index >= 15 is 0 Å². The van der Waals surface area contributed by atoms with Crippen LogP contribution < -0.4 is 15.5 Å². The van der Waals surface area contributed by atoms with E-state index in [4.69, 9.17) is 0 Å². The number of guanidine groups is 1. The number of carbonyl (C=O) groups is 1. The van der Waals surface area contributed by atoms with Gasteiger partial charge in [-0.1, -0.05) is 18.2 Å². The summed E-state index contributed by atoms with van der Waals surface area (Å²) in [6, 6.07) is 12.8. The van der Waals surface area contributed by atoms with E-state index in [9.17, 15) is 18.0 Å². The molecule has 0 spiro atoms. The highest BCUT2D eigenvalue weighted by atomic mass is 19.4. The van der Waals surface area contributed by atoms with Gasteiger partial charge in [0, 0.05) is 58.1 Å². The number of rotatable bonds is 4. The van der Waals surface area contributed by atoms with Crippen molar-refractivity contribution in [3.8, 4) is 0 Å². The van der Waals surface area contributed by atoms with Gasteiger partial charge in [-0.2, -0.15) is 13.2 Å². The van der Waals surface area contributed by atoms with Crippen molar-refractivity contribution in [1.29, 1.82) is 0 Å². The van der Waals surface area contributed by atoms with Gasteiger partial charge in [0.05, 0.1) is 5.56 Å². The van der Waals surface area contributed by atoms with Crippen LogP contribution in [0, 0.1) is 0 Å². The molecule has 0 aromatic heterocycles. The Labute approximate surface area is 179 Å². The minimum atomic E-state index is -4.34. The van der Waals surface area contributed by atoms with Crippen LogP contribution in [0.5, 0.6) is 0 Å². The molecule has 0 radical (unpaired) electrons. The molecule has 1 fully saturated rings. The number of anilines is 1. The van der Waals surface area contributed by atoms with Crippen LogP contribution in [0.1, 0.15) is 21.5 Å². The molecule has 1 amide bonds. The van der Waals surface area contributed by atoms with Crippen LogP contribution in [0.15, 0.2) is 53.5 Å². The highest BCUT2D eigenvalue weighted by molar-refractivity contribution is 5.93. The average Bonchev–Trinajstić information content (AvgIpc) is 2.79. The molecule has 31 heavy (non-hydrogen) atoms. The number of hydrogen-bond donors (Lipinski definition) is 2. The molecule has 1 saturated heterocycles. The first-order valence-electron chi connectivity index (χ1n) is 10.0. The fourth-order valence-corrected chi connectivity index (χ4v) is 3.49. The van der Waals surface area contributed by atoms with Gasteiger partial charge >= 0.3 is 6.18 Å². The molecule has 0 unspecified atom stereocenters. The summed E-state index contributed by atoms with van der Waals surface area (Å²) < 4.78 is 38.9. The molecular formula is C22H26F3N5O. The molecule has 1 heterocycles. The minimum Gasteiger partial charge on any atom is -0.368 e. The number of carbonyl (C=O) groups excluding carboxylic acids is 1. The largest absolute Gasteiger partial charge is 0.416 e. The maximum Gasteiger partial charge on any atom is 0.416 e. The Morgan fingerprint density at radius 2 is 1.74 bits per heavy atom. The van der Waals surface area contributed by atoms with Crippen LogP contribution in [0.2, 0.25) is 0 Å². The average molecular weight is 433 g/mol. The van der Waals surface area contributed by atoms with Crippen LogP contribution in [0.3, 0.4) is 0 Å². The lowest BCUT2D eigenvalue weighted by molar-refractivity contribution is -0.137. The molecule has 9 heteroatoms. The predicted octanol–water partition coefficient (Wildman–Crippen LogP) is 2.96. The molecule has 166 valence electrons. The lowest BCUT2D eigenvalue weighted by Gasteiger charge is -2.37. The number of aliphatic imine (C=N–C) groups is 1. The topological polar surface area (TPSA) is 60.0 Å². The Morgan fingerprint density at radius 3 is 2.32 bits per heavy atom. The van der Waals surface area contributed by atoms with Gasteiger partial charge in [0.2, 0.25) is 0 Å². The molecule has 0 aliphatic carbocycles. The third-order valence-corrected chi connectivity index (χ3v) is 5.22. The molecule has 6 nitrogen and oxygen atoms in total. The van der Waals surface area contributed by atoms with Gasteiger partial charge in [-0.3, -0.25) is 9.79 Å². The van der Waals surface area contributed by atoms with Gasteiger partial charge in [0.15, 0.2) is 5.96 Å². The first kappa shape index (κ1) is 22.5. The van der Waals surface area contributed by atoms with Crippen molar-refractivity contribution >= 4 is 17.6 Å². The smallest absolute Gasteiger partial charge is 0.368 e. The van der Waals surface area contributed by atoms with Crippen molar-refractivity contribution in [2.75, 3.05) is 45.2 Å². The third-order valence-electron chi connectivity index (χ3n) is 5.22. The normalized spacial score (nSPS) is 15.1. The maximum absolute atomic E-state index is 13.0. The fourth-order valence-electron chi connectivity index (χ4n) is 3.49. The van der Waals surface area contributed by atoms with E-state index in [-0.39, 0.29) is 5.91 Å². The number of hydrogen-bond acceptors (Lipinski definition) is 3. The molecular weight excluding hydrogens is 407 g/mol. The highest BCUT2D eigenvalue weighted by Crippen LogP contribution is 2.31. The molecule has 2 N–H and O–H groups in total. The second-order valence-electron chi connectivity index (χ2n) is 7.20. The van der Waals surface area contributed by atoms with Crippen LogP contribution in [-0.2, 0) is 12.7 Å². The molecule has 0 saturated carbocycles. The number of halogens is 3. The van der Waals surface area contributed by atoms with Crippen LogP contribution >= 0.6 is 0 Å². The van der Waals surface area contributed by atoms with Crippen LogP contribution in [0.4, 0.5) is 18.9 Å². The highest BCUT2D eigenvalue weighted by Gasteiger charge is 2.31. The summed E-state index contributed by atoms with van der Waals surface area (Å²) >= 11 is 0. The van der Waals surface area contributed by atoms with E-state index in [1.165, 1.54) is 12.1 Å². The van der Waals surface area contributed by atoms with Crippen LogP contribution in [0.25, 0.3) is 0 Å². The van der Waals surface area contributed by atoms with Crippen molar-refractivity contribution in [2.45, 2.75) is 12.7 Å². The zero-order valence-electron chi connectivity index (χ0n) is 17.5. The van der Waals surface area contributed by atoms with E-state index in [1.54, 1.807) is 32.3 Å². The Bertz CT molecular complexity index is 919. The first-order valence-corrected chi connectivity index (χ1v) is 10.0. The van der Waals surface area contributed by atoms with Gasteiger partial charge in [0.1, 0.15) is 0 Å². The number of amides is 1. The Balaban J connectivity index is 1.55. The van der Waals surface area contributed by atoms with Crippen molar-refractivity contribution < 1.29 is 18.0 Å². The quantitative estimate of drug-likeness (QED) is 0.575. The number of alkyl halides is 3. The minimum absolute atomic E-state index is 0.131. The lowest BCUT2D eigenvalue weighted by atomic mass is 10.1. The SMILES string of the molecule is CN=C(NCc1ccc(C(=O)NC)cc1)N1CCN(c2cccc(C(F)(F)F)c2)CC1. The van der Waals surface area contributed by atoms with Crippen LogP contribution in [-0.4, -0.2) is 57.0 Å². The van der Waals surface area contributed by atoms with E-state index in [2.05, 4.69) is 20.5 Å². The fraction of sp³-hybridized carbons (Fsp3) is 0.364. The van der Waals surface area contributed by atoms with Crippen molar-refractivity contribution in [1.82, 2.24) is 15.5 Å². The summed E-state index contributed by atoms with van der Waals surface area (Å²) in [4.78, 5) is 20.0. The predicted molar refractivity (Wildman–Crippen MR) is 115 cm³/mol. The maximum atomic E-state index is 13.0. The zero-order valence-corrected chi connectivity index (χ0v) is 17.5. The summed E-state index contributed by atoms with van der Waals surface area (Å²) in [6.45, 7) is 3.04. The monoisotopic (exact) mass is 433 g/mol. The van der Waals surface area contributed by atoms with Gasteiger partial charge < -0.3 is 20.4 Å². The molecule has 0 bridgehead atoms. The molecule has 2 aromatic carbocycles. The Kier molecular flexibility index (Phi) is 7.04. The van der Waals surface area contributed by atoms with Gasteiger partial charge in [-0.25, -0.2) is 0 Å². The number of nitrogens with one attached hydrogen (secondary N) is 2. The Hall–Kier alpha value is -3.23. The first-order chi connectivity index (χ1) is 14.8. The summed E-state index contributed by atoms with van der Waals surface area (Å²) in [5, 5.41) is 5.90. The molecule has 1 aliphatic heterocycles. The van der Waals surface area contributed by atoms with Gasteiger partial charge in [0.25, 0.3) is 5.91 Å². The lowest BCUT2D eigenvalue weighted by Crippen LogP contribution is -2.52. The second kappa shape index (κ2) is 9.72. The van der Waals surface area contributed by atoms with E-state index < -0.39 is 11.7 Å². The van der Waals surface area contributed by atoms with Crippen molar-refractivity contribution in [3.05, 3.63) is 65.2 Å². The molecule has 3 rings (SSSR count). The number of piperazine rings is 1. The summed E-state index contributed by atoms with van der Waals surface area (Å²) in [7, 11) is 3.30. The van der Waals surface area contributed by atoms with Gasteiger partial charge in [-0.15, -0.1) is 0 Å². The van der Waals surface area contributed by atoms with Crippen molar-refractivity contribution in [3.63, 3.8) is 0 Å². The molecule has 1 aliphatic rings. The third kappa shape index (κ3) is 5.68. The molecule has 2 aromatic rings.